The van der Waals surface area contributed by atoms with Crippen LogP contribution in [0.4, 0.5) is 5.69 Å². The van der Waals surface area contributed by atoms with E-state index in [1.807, 2.05) is 24.3 Å². The van der Waals surface area contributed by atoms with E-state index in [0.29, 0.717) is 13.2 Å². The number of anilines is 1. The first-order chi connectivity index (χ1) is 10.4. The fourth-order valence-corrected chi connectivity index (χ4v) is 2.95. The van der Waals surface area contributed by atoms with Gasteiger partial charge in [-0.3, -0.25) is 4.90 Å². The average molecular weight is 287 g/mol. The van der Waals surface area contributed by atoms with Crippen molar-refractivity contribution in [3.63, 3.8) is 0 Å². The SMILES string of the molecule is N#Cc1ccccc1N1CCN(C[C@H]2COCCO2)CC1. The summed E-state index contributed by atoms with van der Waals surface area (Å²) in [4.78, 5) is 4.72. The van der Waals surface area contributed by atoms with Crippen molar-refractivity contribution in [3.8, 4) is 6.07 Å². The number of nitriles is 1. The van der Waals surface area contributed by atoms with Gasteiger partial charge in [0.05, 0.1) is 37.2 Å². The molecule has 2 heterocycles. The summed E-state index contributed by atoms with van der Waals surface area (Å²) >= 11 is 0. The van der Waals surface area contributed by atoms with Crippen LogP contribution in [0.1, 0.15) is 5.56 Å². The summed E-state index contributed by atoms with van der Waals surface area (Å²) in [6, 6.07) is 10.1. The smallest absolute Gasteiger partial charge is 0.101 e. The van der Waals surface area contributed by atoms with E-state index in [1.54, 1.807) is 0 Å². The molecule has 0 N–H and O–H groups in total. The summed E-state index contributed by atoms with van der Waals surface area (Å²) in [7, 11) is 0. The van der Waals surface area contributed by atoms with Crippen LogP contribution >= 0.6 is 0 Å². The van der Waals surface area contributed by atoms with Gasteiger partial charge in [-0.2, -0.15) is 5.26 Å². The molecule has 2 aliphatic heterocycles. The second kappa shape index (κ2) is 6.90. The minimum atomic E-state index is 0.205. The molecule has 2 saturated heterocycles. The Kier molecular flexibility index (Phi) is 4.71. The van der Waals surface area contributed by atoms with E-state index >= 15 is 0 Å². The number of benzene rings is 1. The molecule has 0 saturated carbocycles. The molecule has 0 aliphatic carbocycles. The van der Waals surface area contributed by atoms with Crippen LogP contribution < -0.4 is 4.90 Å². The zero-order valence-corrected chi connectivity index (χ0v) is 12.2. The van der Waals surface area contributed by atoms with Crippen molar-refractivity contribution < 1.29 is 9.47 Å². The monoisotopic (exact) mass is 287 g/mol. The molecule has 2 aliphatic rings. The van der Waals surface area contributed by atoms with Gasteiger partial charge in [0, 0.05) is 32.7 Å². The van der Waals surface area contributed by atoms with Crippen molar-refractivity contribution in [1.29, 1.82) is 5.26 Å². The standard InChI is InChI=1S/C16H21N3O2/c17-11-14-3-1-2-4-16(14)19-7-5-18(6-8-19)12-15-13-20-9-10-21-15/h1-4,15H,5-10,12-13H2/t15-/m0/s1. The lowest BCUT2D eigenvalue weighted by atomic mass is 10.1. The molecule has 0 aromatic heterocycles. The number of nitrogens with zero attached hydrogens (tertiary/aromatic N) is 3. The zero-order valence-electron chi connectivity index (χ0n) is 12.2. The number of rotatable bonds is 3. The molecule has 21 heavy (non-hydrogen) atoms. The predicted molar refractivity (Wildman–Crippen MR) is 80.4 cm³/mol. The van der Waals surface area contributed by atoms with Crippen LogP contribution in [0, 0.1) is 11.3 Å². The van der Waals surface area contributed by atoms with Crippen molar-refractivity contribution in [2.24, 2.45) is 0 Å². The highest BCUT2D eigenvalue weighted by molar-refractivity contribution is 5.59. The molecule has 3 rings (SSSR count). The number of ether oxygens (including phenoxy) is 2. The lowest BCUT2D eigenvalue weighted by Crippen LogP contribution is -2.50. The van der Waals surface area contributed by atoms with Gasteiger partial charge in [0.15, 0.2) is 0 Å². The number of hydrogen-bond donors (Lipinski definition) is 0. The summed E-state index contributed by atoms with van der Waals surface area (Å²) in [6.07, 6.45) is 0.205. The molecule has 5 heteroatoms. The third-order valence-electron chi connectivity index (χ3n) is 4.08. The Morgan fingerprint density at radius 2 is 1.95 bits per heavy atom. The minimum absolute atomic E-state index is 0.205. The van der Waals surface area contributed by atoms with Crippen molar-refractivity contribution in [2.75, 3.05) is 57.4 Å². The Balaban J connectivity index is 1.54. The van der Waals surface area contributed by atoms with Crippen LogP contribution in [0.5, 0.6) is 0 Å². The third-order valence-corrected chi connectivity index (χ3v) is 4.08. The fraction of sp³-hybridized carbons (Fsp3) is 0.562. The molecule has 5 nitrogen and oxygen atoms in total. The summed E-state index contributed by atoms with van der Waals surface area (Å²) in [5.74, 6) is 0. The van der Waals surface area contributed by atoms with Gasteiger partial charge in [0.2, 0.25) is 0 Å². The van der Waals surface area contributed by atoms with Crippen molar-refractivity contribution in [3.05, 3.63) is 29.8 Å². The van der Waals surface area contributed by atoms with E-state index in [-0.39, 0.29) is 6.10 Å². The van der Waals surface area contributed by atoms with E-state index in [2.05, 4.69) is 15.9 Å². The molecule has 112 valence electrons. The highest BCUT2D eigenvalue weighted by atomic mass is 16.6. The van der Waals surface area contributed by atoms with Crippen LogP contribution in [0.25, 0.3) is 0 Å². The van der Waals surface area contributed by atoms with E-state index in [1.165, 1.54) is 0 Å². The molecule has 1 aromatic carbocycles. The van der Waals surface area contributed by atoms with Crippen LogP contribution in [-0.4, -0.2) is 63.5 Å². The maximum atomic E-state index is 9.20. The molecule has 0 amide bonds. The van der Waals surface area contributed by atoms with Crippen LogP contribution in [-0.2, 0) is 9.47 Å². The van der Waals surface area contributed by atoms with Gasteiger partial charge < -0.3 is 14.4 Å². The summed E-state index contributed by atoms with van der Waals surface area (Å²) in [5.41, 5.74) is 1.81. The normalized spacial score (nSPS) is 23.8. The number of piperazine rings is 1. The maximum Gasteiger partial charge on any atom is 0.101 e. The fourth-order valence-electron chi connectivity index (χ4n) is 2.95. The number of hydrogen-bond acceptors (Lipinski definition) is 5. The largest absolute Gasteiger partial charge is 0.376 e. The zero-order chi connectivity index (χ0) is 14.5. The summed E-state index contributed by atoms with van der Waals surface area (Å²) < 4.78 is 11.2. The molecular weight excluding hydrogens is 266 g/mol. The molecule has 0 unspecified atom stereocenters. The van der Waals surface area contributed by atoms with Gasteiger partial charge >= 0.3 is 0 Å². The molecular formula is C16H21N3O2. The van der Waals surface area contributed by atoms with E-state index in [9.17, 15) is 5.26 Å². The molecule has 1 aromatic rings. The third kappa shape index (κ3) is 3.53. The van der Waals surface area contributed by atoms with Gasteiger partial charge in [-0.15, -0.1) is 0 Å². The first-order valence-corrected chi connectivity index (χ1v) is 7.52. The Labute approximate surface area is 125 Å². The van der Waals surface area contributed by atoms with E-state index < -0.39 is 0 Å². The Bertz CT molecular complexity index is 500. The predicted octanol–water partition coefficient (Wildman–Crippen LogP) is 1.10. The Morgan fingerprint density at radius 3 is 2.67 bits per heavy atom. The van der Waals surface area contributed by atoms with Gasteiger partial charge in [-0.1, -0.05) is 12.1 Å². The van der Waals surface area contributed by atoms with Crippen LogP contribution in [0.2, 0.25) is 0 Å². The highest BCUT2D eigenvalue weighted by Gasteiger charge is 2.23. The average Bonchev–Trinajstić information content (AvgIpc) is 2.56. The minimum Gasteiger partial charge on any atom is -0.376 e. The quantitative estimate of drug-likeness (QED) is 0.833. The molecule has 1 atom stereocenters. The Morgan fingerprint density at radius 1 is 1.14 bits per heavy atom. The van der Waals surface area contributed by atoms with Crippen molar-refractivity contribution >= 4 is 5.69 Å². The Hall–Kier alpha value is -1.61. The first kappa shape index (κ1) is 14.3. The second-order valence-corrected chi connectivity index (χ2v) is 5.48. The topological polar surface area (TPSA) is 48.7 Å². The van der Waals surface area contributed by atoms with Crippen molar-refractivity contribution in [1.82, 2.24) is 4.90 Å². The van der Waals surface area contributed by atoms with Crippen LogP contribution in [0.15, 0.2) is 24.3 Å². The molecule has 2 fully saturated rings. The van der Waals surface area contributed by atoms with Crippen molar-refractivity contribution in [2.45, 2.75) is 6.10 Å². The second-order valence-electron chi connectivity index (χ2n) is 5.48. The molecule has 0 spiro atoms. The lowest BCUT2D eigenvalue weighted by Gasteiger charge is -2.38. The molecule has 0 radical (unpaired) electrons. The summed E-state index contributed by atoms with van der Waals surface area (Å²) in [6.45, 7) is 6.97. The van der Waals surface area contributed by atoms with Gasteiger partial charge in [0.1, 0.15) is 6.07 Å². The van der Waals surface area contributed by atoms with Gasteiger partial charge in [0.25, 0.3) is 0 Å². The van der Waals surface area contributed by atoms with Gasteiger partial charge in [-0.05, 0) is 12.1 Å². The summed E-state index contributed by atoms with van der Waals surface area (Å²) in [5, 5.41) is 9.20. The lowest BCUT2D eigenvalue weighted by molar-refractivity contribution is -0.0977. The maximum absolute atomic E-state index is 9.20. The van der Waals surface area contributed by atoms with E-state index in [0.717, 1.165) is 50.6 Å². The van der Waals surface area contributed by atoms with Gasteiger partial charge in [-0.25, -0.2) is 0 Å². The van der Waals surface area contributed by atoms with Crippen LogP contribution in [0.3, 0.4) is 0 Å². The highest BCUT2D eigenvalue weighted by Crippen LogP contribution is 2.21. The number of para-hydroxylation sites is 1. The molecule has 0 bridgehead atoms. The van der Waals surface area contributed by atoms with E-state index in [4.69, 9.17) is 9.47 Å². The first-order valence-electron chi connectivity index (χ1n) is 7.52.